The van der Waals surface area contributed by atoms with Crippen molar-refractivity contribution in [3.63, 3.8) is 0 Å². The molecule has 104 valence electrons. The van der Waals surface area contributed by atoms with Crippen molar-refractivity contribution >= 4 is 28.9 Å². The van der Waals surface area contributed by atoms with Crippen LogP contribution >= 0.6 is 23.2 Å². The van der Waals surface area contributed by atoms with Gasteiger partial charge in [0.05, 0.1) is 13.2 Å². The molecule has 0 unspecified atom stereocenters. The lowest BCUT2D eigenvalue weighted by Crippen LogP contribution is -2.36. The zero-order valence-corrected chi connectivity index (χ0v) is 12.5. The predicted octanol–water partition coefficient (Wildman–Crippen LogP) is 4.50. The second kappa shape index (κ2) is 6.04. The van der Waals surface area contributed by atoms with Gasteiger partial charge in [-0.1, -0.05) is 41.4 Å². The van der Waals surface area contributed by atoms with Crippen molar-refractivity contribution in [1.29, 1.82) is 0 Å². The average Bonchev–Trinajstić information content (AvgIpc) is 2.48. The molecule has 0 N–H and O–H groups in total. The first-order chi connectivity index (χ1) is 9.75. The molecule has 2 aromatic carbocycles. The topological polar surface area (TPSA) is 12.5 Å². The van der Waals surface area contributed by atoms with Gasteiger partial charge in [0.25, 0.3) is 0 Å². The van der Waals surface area contributed by atoms with Crippen molar-refractivity contribution < 1.29 is 4.74 Å². The summed E-state index contributed by atoms with van der Waals surface area (Å²) in [7, 11) is 0. The van der Waals surface area contributed by atoms with E-state index in [4.69, 9.17) is 27.9 Å². The largest absolute Gasteiger partial charge is 0.378 e. The standard InChI is InChI=1S/C16H15Cl2NO/c17-14-5-2-6-15(18)16(14)12-3-1-4-13(11-12)19-7-9-20-10-8-19/h1-6,11H,7-10H2. The lowest BCUT2D eigenvalue weighted by molar-refractivity contribution is 0.122. The van der Waals surface area contributed by atoms with Gasteiger partial charge in [0, 0.05) is 34.4 Å². The highest BCUT2D eigenvalue weighted by Gasteiger charge is 2.13. The molecular weight excluding hydrogens is 293 g/mol. The molecule has 0 aliphatic carbocycles. The summed E-state index contributed by atoms with van der Waals surface area (Å²) in [6.45, 7) is 3.38. The van der Waals surface area contributed by atoms with Crippen LogP contribution in [0.4, 0.5) is 5.69 Å². The number of anilines is 1. The number of hydrogen-bond acceptors (Lipinski definition) is 2. The zero-order valence-electron chi connectivity index (χ0n) is 11.0. The maximum absolute atomic E-state index is 6.28. The molecule has 20 heavy (non-hydrogen) atoms. The van der Waals surface area contributed by atoms with Crippen molar-refractivity contribution in [3.05, 3.63) is 52.5 Å². The fourth-order valence-electron chi connectivity index (χ4n) is 2.45. The summed E-state index contributed by atoms with van der Waals surface area (Å²) in [6, 6.07) is 13.9. The highest BCUT2D eigenvalue weighted by molar-refractivity contribution is 6.39. The lowest BCUT2D eigenvalue weighted by Gasteiger charge is -2.29. The van der Waals surface area contributed by atoms with Crippen LogP contribution in [0, 0.1) is 0 Å². The number of hydrogen-bond donors (Lipinski definition) is 0. The molecule has 1 aliphatic rings. The van der Waals surface area contributed by atoms with Gasteiger partial charge in [0.15, 0.2) is 0 Å². The normalized spacial score (nSPS) is 15.4. The summed E-state index contributed by atoms with van der Waals surface area (Å²) in [5.41, 5.74) is 3.12. The average molecular weight is 308 g/mol. The third-order valence-corrected chi connectivity index (χ3v) is 4.10. The quantitative estimate of drug-likeness (QED) is 0.810. The minimum absolute atomic E-state index is 0.677. The molecule has 1 fully saturated rings. The van der Waals surface area contributed by atoms with Gasteiger partial charge >= 0.3 is 0 Å². The van der Waals surface area contributed by atoms with E-state index in [2.05, 4.69) is 17.0 Å². The number of nitrogens with zero attached hydrogens (tertiary/aromatic N) is 1. The van der Waals surface area contributed by atoms with Crippen molar-refractivity contribution in [2.75, 3.05) is 31.2 Å². The van der Waals surface area contributed by atoms with E-state index in [-0.39, 0.29) is 0 Å². The van der Waals surface area contributed by atoms with Crippen molar-refractivity contribution in [3.8, 4) is 11.1 Å². The monoisotopic (exact) mass is 307 g/mol. The highest BCUT2D eigenvalue weighted by atomic mass is 35.5. The van der Waals surface area contributed by atoms with Crippen LogP contribution in [-0.2, 0) is 4.74 Å². The Morgan fingerprint density at radius 1 is 0.900 bits per heavy atom. The van der Waals surface area contributed by atoms with E-state index < -0.39 is 0 Å². The van der Waals surface area contributed by atoms with Crippen molar-refractivity contribution in [2.24, 2.45) is 0 Å². The number of benzene rings is 2. The molecule has 0 bridgehead atoms. The molecule has 3 rings (SSSR count). The first-order valence-corrected chi connectivity index (χ1v) is 7.38. The lowest BCUT2D eigenvalue weighted by atomic mass is 10.0. The van der Waals surface area contributed by atoms with Crippen molar-refractivity contribution in [2.45, 2.75) is 0 Å². The van der Waals surface area contributed by atoms with Crippen LogP contribution in [0.2, 0.25) is 10.0 Å². The Morgan fingerprint density at radius 3 is 2.25 bits per heavy atom. The Bertz CT molecular complexity index is 589. The smallest absolute Gasteiger partial charge is 0.0642 e. The second-order valence-electron chi connectivity index (χ2n) is 4.75. The summed E-state index contributed by atoms with van der Waals surface area (Å²) >= 11 is 12.6. The van der Waals surface area contributed by atoms with Gasteiger partial charge in [-0.25, -0.2) is 0 Å². The number of halogens is 2. The zero-order chi connectivity index (χ0) is 13.9. The van der Waals surface area contributed by atoms with Crippen molar-refractivity contribution in [1.82, 2.24) is 0 Å². The van der Waals surface area contributed by atoms with Gasteiger partial charge in [0.2, 0.25) is 0 Å². The number of rotatable bonds is 2. The summed E-state index contributed by atoms with van der Waals surface area (Å²) in [6.07, 6.45) is 0. The summed E-state index contributed by atoms with van der Waals surface area (Å²) in [5, 5.41) is 1.35. The SMILES string of the molecule is Clc1cccc(Cl)c1-c1cccc(N2CCOCC2)c1. The van der Waals surface area contributed by atoms with Crippen LogP contribution in [0.15, 0.2) is 42.5 Å². The number of ether oxygens (including phenoxy) is 1. The van der Waals surface area contributed by atoms with Crippen LogP contribution in [0.1, 0.15) is 0 Å². The van der Waals surface area contributed by atoms with Crippen LogP contribution < -0.4 is 4.90 Å². The van der Waals surface area contributed by atoms with Gasteiger partial charge in [-0.3, -0.25) is 0 Å². The molecule has 0 radical (unpaired) electrons. The molecule has 0 spiro atoms. The van der Waals surface area contributed by atoms with Crippen LogP contribution in [-0.4, -0.2) is 26.3 Å². The highest BCUT2D eigenvalue weighted by Crippen LogP contribution is 2.36. The van der Waals surface area contributed by atoms with E-state index in [1.807, 2.05) is 30.3 Å². The molecule has 4 heteroatoms. The molecule has 0 aromatic heterocycles. The molecule has 0 saturated carbocycles. The molecule has 2 aromatic rings. The van der Waals surface area contributed by atoms with E-state index >= 15 is 0 Å². The summed E-state index contributed by atoms with van der Waals surface area (Å²) < 4.78 is 5.39. The van der Waals surface area contributed by atoms with Gasteiger partial charge in [-0.15, -0.1) is 0 Å². The molecular formula is C16H15Cl2NO. The van der Waals surface area contributed by atoms with E-state index in [0.717, 1.165) is 37.4 Å². The fourth-order valence-corrected chi connectivity index (χ4v) is 3.07. The minimum atomic E-state index is 0.677. The molecule has 1 aliphatic heterocycles. The first-order valence-electron chi connectivity index (χ1n) is 6.63. The van der Waals surface area contributed by atoms with Gasteiger partial charge < -0.3 is 9.64 Å². The maximum atomic E-state index is 6.28. The second-order valence-corrected chi connectivity index (χ2v) is 5.56. The first kappa shape index (κ1) is 13.7. The molecule has 0 amide bonds. The third kappa shape index (κ3) is 2.78. The number of morpholine rings is 1. The Hall–Kier alpha value is -1.22. The minimum Gasteiger partial charge on any atom is -0.378 e. The molecule has 1 saturated heterocycles. The Kier molecular flexibility index (Phi) is 4.16. The van der Waals surface area contributed by atoms with Crippen LogP contribution in [0.3, 0.4) is 0 Å². The van der Waals surface area contributed by atoms with Gasteiger partial charge in [-0.2, -0.15) is 0 Å². The third-order valence-electron chi connectivity index (χ3n) is 3.47. The van der Waals surface area contributed by atoms with E-state index in [1.54, 1.807) is 0 Å². The van der Waals surface area contributed by atoms with E-state index in [0.29, 0.717) is 10.0 Å². The molecule has 1 heterocycles. The van der Waals surface area contributed by atoms with Crippen LogP contribution in [0.25, 0.3) is 11.1 Å². The Labute approximate surface area is 128 Å². The van der Waals surface area contributed by atoms with Gasteiger partial charge in [-0.05, 0) is 29.8 Å². The van der Waals surface area contributed by atoms with E-state index in [1.165, 1.54) is 5.69 Å². The fraction of sp³-hybridized carbons (Fsp3) is 0.250. The Morgan fingerprint density at radius 2 is 1.55 bits per heavy atom. The summed E-state index contributed by atoms with van der Waals surface area (Å²) in [4.78, 5) is 2.32. The predicted molar refractivity (Wildman–Crippen MR) is 84.9 cm³/mol. The Balaban J connectivity index is 1.98. The molecule has 2 nitrogen and oxygen atoms in total. The van der Waals surface area contributed by atoms with Gasteiger partial charge in [0.1, 0.15) is 0 Å². The maximum Gasteiger partial charge on any atom is 0.0642 e. The van der Waals surface area contributed by atoms with Crippen LogP contribution in [0.5, 0.6) is 0 Å². The summed E-state index contributed by atoms with van der Waals surface area (Å²) in [5.74, 6) is 0. The van der Waals surface area contributed by atoms with E-state index in [9.17, 15) is 0 Å². The molecule has 0 atom stereocenters.